The van der Waals surface area contributed by atoms with Crippen molar-refractivity contribution in [2.24, 2.45) is 5.73 Å². The zero-order chi connectivity index (χ0) is 12.1. The molecule has 5 nitrogen and oxygen atoms in total. The summed E-state index contributed by atoms with van der Waals surface area (Å²) >= 11 is 0. The van der Waals surface area contributed by atoms with Crippen molar-refractivity contribution in [1.82, 2.24) is 5.32 Å². The Kier molecular flexibility index (Phi) is 3.88. The van der Waals surface area contributed by atoms with Crippen LogP contribution in [-0.4, -0.2) is 17.9 Å². The lowest BCUT2D eigenvalue weighted by Crippen LogP contribution is -2.42. The Balaban J connectivity index is 2.55. The van der Waals surface area contributed by atoms with Crippen LogP contribution in [0.2, 0.25) is 0 Å². The van der Waals surface area contributed by atoms with Gasteiger partial charge in [0, 0.05) is 5.69 Å². The van der Waals surface area contributed by atoms with Gasteiger partial charge < -0.3 is 16.8 Å². The number of hydrogen-bond acceptors (Lipinski definition) is 3. The summed E-state index contributed by atoms with van der Waals surface area (Å²) in [5.74, 6) is -0.808. The molecule has 1 rings (SSSR count). The number of amides is 2. The molecule has 0 radical (unpaired) electrons. The number of primary amides is 1. The summed E-state index contributed by atoms with van der Waals surface area (Å²) in [5.41, 5.74) is 12.0. The fraction of sp³-hybridized carbons (Fsp3) is 0.273. The molecule has 0 bridgehead atoms. The van der Waals surface area contributed by atoms with Gasteiger partial charge >= 0.3 is 0 Å². The van der Waals surface area contributed by atoms with E-state index in [9.17, 15) is 9.59 Å². The lowest BCUT2D eigenvalue weighted by molar-refractivity contribution is -0.126. The summed E-state index contributed by atoms with van der Waals surface area (Å²) < 4.78 is 0. The zero-order valence-corrected chi connectivity index (χ0v) is 9.07. The summed E-state index contributed by atoms with van der Waals surface area (Å²) in [6, 6.07) is 6.37. The molecule has 0 saturated carbocycles. The summed E-state index contributed by atoms with van der Waals surface area (Å²) in [6.07, 6.45) is 0.183. The van der Waals surface area contributed by atoms with Gasteiger partial charge in [-0.05, 0) is 24.6 Å². The molecule has 16 heavy (non-hydrogen) atoms. The van der Waals surface area contributed by atoms with Crippen LogP contribution in [0.15, 0.2) is 24.3 Å². The Morgan fingerprint density at radius 2 is 2.12 bits per heavy atom. The SMILES string of the molecule is CC(NC(=O)Cc1cccc(N)c1)C(N)=O. The fourth-order valence-electron chi connectivity index (χ4n) is 1.25. The normalized spacial score (nSPS) is 11.8. The Morgan fingerprint density at radius 3 is 2.69 bits per heavy atom. The second-order valence-electron chi connectivity index (χ2n) is 3.61. The number of anilines is 1. The van der Waals surface area contributed by atoms with Crippen LogP contribution in [0, 0.1) is 0 Å². The van der Waals surface area contributed by atoms with Crippen molar-refractivity contribution >= 4 is 17.5 Å². The van der Waals surface area contributed by atoms with Crippen molar-refractivity contribution in [2.45, 2.75) is 19.4 Å². The first kappa shape index (κ1) is 12.0. The quantitative estimate of drug-likeness (QED) is 0.614. The van der Waals surface area contributed by atoms with Gasteiger partial charge in [-0.15, -0.1) is 0 Å². The number of nitrogen functional groups attached to an aromatic ring is 1. The molecule has 1 aromatic rings. The molecule has 0 aliphatic heterocycles. The van der Waals surface area contributed by atoms with Crippen molar-refractivity contribution in [3.63, 3.8) is 0 Å². The number of carbonyl (C=O) groups excluding carboxylic acids is 2. The lowest BCUT2D eigenvalue weighted by atomic mass is 10.1. The van der Waals surface area contributed by atoms with E-state index in [1.165, 1.54) is 0 Å². The first-order valence-electron chi connectivity index (χ1n) is 4.92. The van der Waals surface area contributed by atoms with Gasteiger partial charge in [-0.25, -0.2) is 0 Å². The van der Waals surface area contributed by atoms with E-state index in [1.54, 1.807) is 31.2 Å². The second kappa shape index (κ2) is 5.16. The standard InChI is InChI=1S/C11H15N3O2/c1-7(11(13)16)14-10(15)6-8-3-2-4-9(12)5-8/h2-5,7H,6,12H2,1H3,(H2,13,16)(H,14,15). The number of rotatable bonds is 4. The van der Waals surface area contributed by atoms with Gasteiger partial charge in [0.2, 0.25) is 11.8 Å². The predicted octanol–water partition coefficient (Wildman–Crippen LogP) is -0.199. The minimum absolute atomic E-state index is 0.183. The monoisotopic (exact) mass is 221 g/mol. The maximum atomic E-state index is 11.5. The summed E-state index contributed by atoms with van der Waals surface area (Å²) in [4.78, 5) is 22.2. The molecule has 0 aliphatic rings. The third-order valence-electron chi connectivity index (χ3n) is 2.12. The maximum absolute atomic E-state index is 11.5. The average molecular weight is 221 g/mol. The van der Waals surface area contributed by atoms with Crippen molar-refractivity contribution in [2.75, 3.05) is 5.73 Å². The largest absolute Gasteiger partial charge is 0.399 e. The van der Waals surface area contributed by atoms with Crippen molar-refractivity contribution in [3.05, 3.63) is 29.8 Å². The van der Waals surface area contributed by atoms with E-state index in [1.807, 2.05) is 0 Å². The molecule has 1 aromatic carbocycles. The third-order valence-corrected chi connectivity index (χ3v) is 2.12. The third kappa shape index (κ3) is 3.61. The number of benzene rings is 1. The summed E-state index contributed by atoms with van der Waals surface area (Å²) in [6.45, 7) is 1.54. The Labute approximate surface area is 93.8 Å². The molecule has 86 valence electrons. The second-order valence-corrected chi connectivity index (χ2v) is 3.61. The van der Waals surface area contributed by atoms with E-state index in [2.05, 4.69) is 5.32 Å². The number of carbonyl (C=O) groups is 2. The van der Waals surface area contributed by atoms with Gasteiger partial charge in [0.05, 0.1) is 6.42 Å². The molecular weight excluding hydrogens is 206 g/mol. The van der Waals surface area contributed by atoms with Crippen molar-refractivity contribution in [3.8, 4) is 0 Å². The van der Waals surface area contributed by atoms with Crippen LogP contribution < -0.4 is 16.8 Å². The molecule has 1 atom stereocenters. The molecule has 0 fully saturated rings. The molecule has 5 heteroatoms. The fourth-order valence-corrected chi connectivity index (χ4v) is 1.25. The van der Waals surface area contributed by atoms with Crippen LogP contribution in [0.5, 0.6) is 0 Å². The minimum atomic E-state index is -0.659. The lowest BCUT2D eigenvalue weighted by Gasteiger charge is -2.10. The highest BCUT2D eigenvalue weighted by Crippen LogP contribution is 2.06. The van der Waals surface area contributed by atoms with E-state index in [-0.39, 0.29) is 12.3 Å². The summed E-state index contributed by atoms with van der Waals surface area (Å²) in [7, 11) is 0. The Hall–Kier alpha value is -2.04. The van der Waals surface area contributed by atoms with Gasteiger partial charge in [-0.1, -0.05) is 12.1 Å². The van der Waals surface area contributed by atoms with Gasteiger partial charge in [0.15, 0.2) is 0 Å². The smallest absolute Gasteiger partial charge is 0.239 e. The molecule has 2 amide bonds. The van der Waals surface area contributed by atoms with E-state index in [4.69, 9.17) is 11.5 Å². The number of hydrogen-bond donors (Lipinski definition) is 3. The van der Waals surface area contributed by atoms with E-state index >= 15 is 0 Å². The maximum Gasteiger partial charge on any atom is 0.239 e. The van der Waals surface area contributed by atoms with Crippen LogP contribution in [0.25, 0.3) is 0 Å². The molecule has 0 aliphatic carbocycles. The van der Waals surface area contributed by atoms with Crippen LogP contribution in [0.3, 0.4) is 0 Å². The van der Waals surface area contributed by atoms with Gasteiger partial charge in [-0.3, -0.25) is 9.59 Å². The topological polar surface area (TPSA) is 98.2 Å². The first-order valence-corrected chi connectivity index (χ1v) is 4.92. The highest BCUT2D eigenvalue weighted by Gasteiger charge is 2.12. The Morgan fingerprint density at radius 1 is 1.44 bits per heavy atom. The van der Waals surface area contributed by atoms with Gasteiger partial charge in [-0.2, -0.15) is 0 Å². The molecule has 0 saturated heterocycles. The van der Waals surface area contributed by atoms with Gasteiger partial charge in [0.25, 0.3) is 0 Å². The van der Waals surface area contributed by atoms with Gasteiger partial charge in [0.1, 0.15) is 6.04 Å². The minimum Gasteiger partial charge on any atom is -0.399 e. The molecule has 0 spiro atoms. The molecule has 1 unspecified atom stereocenters. The molecular formula is C11H15N3O2. The highest BCUT2D eigenvalue weighted by atomic mass is 16.2. The predicted molar refractivity (Wildman–Crippen MR) is 61.4 cm³/mol. The highest BCUT2D eigenvalue weighted by molar-refractivity contribution is 5.87. The van der Waals surface area contributed by atoms with Crippen LogP contribution in [0.4, 0.5) is 5.69 Å². The van der Waals surface area contributed by atoms with E-state index < -0.39 is 11.9 Å². The molecule has 0 aromatic heterocycles. The molecule has 5 N–H and O–H groups in total. The first-order chi connectivity index (χ1) is 7.49. The van der Waals surface area contributed by atoms with E-state index in [0.29, 0.717) is 5.69 Å². The molecule has 0 heterocycles. The number of nitrogens with two attached hydrogens (primary N) is 2. The average Bonchev–Trinajstić information content (AvgIpc) is 2.16. The van der Waals surface area contributed by atoms with Crippen LogP contribution in [0.1, 0.15) is 12.5 Å². The van der Waals surface area contributed by atoms with Crippen LogP contribution in [-0.2, 0) is 16.0 Å². The van der Waals surface area contributed by atoms with E-state index in [0.717, 1.165) is 5.56 Å². The Bertz CT molecular complexity index is 404. The van der Waals surface area contributed by atoms with Crippen molar-refractivity contribution < 1.29 is 9.59 Å². The van der Waals surface area contributed by atoms with Crippen LogP contribution >= 0.6 is 0 Å². The summed E-state index contributed by atoms with van der Waals surface area (Å²) in [5, 5.41) is 2.49. The zero-order valence-electron chi connectivity index (χ0n) is 9.07. The number of nitrogens with one attached hydrogen (secondary N) is 1. The van der Waals surface area contributed by atoms with Crippen molar-refractivity contribution in [1.29, 1.82) is 0 Å².